The van der Waals surface area contributed by atoms with Gasteiger partial charge in [-0.3, -0.25) is 0 Å². The van der Waals surface area contributed by atoms with E-state index in [9.17, 15) is 25.1 Å². The zero-order valence-corrected chi connectivity index (χ0v) is 11.5. The Morgan fingerprint density at radius 1 is 1.25 bits per heavy atom. The number of nitrogens with zero attached hydrogens (tertiary/aromatic N) is 1. The van der Waals surface area contributed by atoms with Crippen LogP contribution in [0.3, 0.4) is 0 Å². The summed E-state index contributed by atoms with van der Waals surface area (Å²) >= 11 is 0. The van der Waals surface area contributed by atoms with Gasteiger partial charge in [-0.25, -0.2) is 0 Å². The van der Waals surface area contributed by atoms with Gasteiger partial charge in [0, 0.05) is 11.6 Å². The number of benzene rings is 1. The first-order valence-electron chi connectivity index (χ1n) is 6.17. The van der Waals surface area contributed by atoms with E-state index in [0.717, 1.165) is 0 Å². The summed E-state index contributed by atoms with van der Waals surface area (Å²) < 4.78 is -0.841. The van der Waals surface area contributed by atoms with Crippen molar-refractivity contribution in [2.24, 2.45) is 0 Å². The fourth-order valence-corrected chi connectivity index (χ4v) is 2.88. The largest absolute Gasteiger partial charge is 0.549 e. The van der Waals surface area contributed by atoms with Gasteiger partial charge >= 0.3 is 13.2 Å². The molecule has 106 valence electrons. The number of aromatic hydroxyl groups is 1. The molecule has 1 aliphatic rings. The number of carboxylic acid groups (broad SMARTS) is 1. The molecule has 0 saturated carbocycles. The van der Waals surface area contributed by atoms with E-state index in [-0.39, 0.29) is 17.0 Å². The molecular formula is C13H17BNO5+. The van der Waals surface area contributed by atoms with E-state index < -0.39 is 23.2 Å². The number of fused-ring (bicyclic) bond motifs is 1. The third-order valence-corrected chi connectivity index (χ3v) is 3.63. The quantitative estimate of drug-likeness (QED) is 0.461. The Hall–Kier alpha value is -1.83. The highest BCUT2D eigenvalue weighted by molar-refractivity contribution is 6.54. The average molecular weight is 278 g/mol. The van der Waals surface area contributed by atoms with E-state index in [1.807, 2.05) is 0 Å². The second kappa shape index (κ2) is 4.34. The Kier molecular flexibility index (Phi) is 3.16. The van der Waals surface area contributed by atoms with Crippen molar-refractivity contribution in [2.75, 3.05) is 0 Å². The molecule has 0 saturated heterocycles. The number of hydrogen-bond donors (Lipinski definition) is 4. The Labute approximate surface area is 116 Å². The van der Waals surface area contributed by atoms with Crippen molar-refractivity contribution in [2.45, 2.75) is 26.3 Å². The lowest BCUT2D eigenvalue weighted by molar-refractivity contribution is 0.125. The van der Waals surface area contributed by atoms with Gasteiger partial charge in [0.1, 0.15) is 5.54 Å². The molecule has 2 rings (SSSR count). The maximum absolute atomic E-state index is 12.0. The Morgan fingerprint density at radius 3 is 2.30 bits per heavy atom. The van der Waals surface area contributed by atoms with E-state index in [2.05, 4.69) is 0 Å². The monoisotopic (exact) mass is 278 g/mol. The lowest BCUT2D eigenvalue weighted by atomic mass is 9.81. The van der Waals surface area contributed by atoms with Crippen LogP contribution in [-0.2, 0) is 0 Å². The predicted molar refractivity (Wildman–Crippen MR) is 75.8 cm³/mol. The first-order chi connectivity index (χ1) is 9.14. The Morgan fingerprint density at radius 2 is 1.85 bits per heavy atom. The van der Waals surface area contributed by atoms with Gasteiger partial charge in [-0.15, -0.1) is 0 Å². The van der Waals surface area contributed by atoms with Crippen LogP contribution in [0.15, 0.2) is 23.8 Å². The maximum Gasteiger partial charge on any atom is 0.549 e. The summed E-state index contributed by atoms with van der Waals surface area (Å²) in [4.78, 5) is 12.0. The van der Waals surface area contributed by atoms with Gasteiger partial charge < -0.3 is 20.3 Å². The minimum absolute atomic E-state index is 0.0958. The molecule has 0 aliphatic carbocycles. The SMILES string of the molecule is CC(C)(C)[N+]1(C(=O)O)C(B(O)O)=Cc2cccc(O)c21. The summed E-state index contributed by atoms with van der Waals surface area (Å²) in [5.74, 6) is -0.188. The molecule has 1 aliphatic heterocycles. The molecule has 4 N–H and O–H groups in total. The van der Waals surface area contributed by atoms with Gasteiger partial charge in [-0.2, -0.15) is 9.28 Å². The topological polar surface area (TPSA) is 98.0 Å². The first kappa shape index (κ1) is 14.6. The Balaban J connectivity index is 2.90. The third kappa shape index (κ3) is 1.67. The molecule has 1 aromatic rings. The molecule has 0 fully saturated rings. The van der Waals surface area contributed by atoms with Crippen LogP contribution in [-0.4, -0.2) is 39.0 Å². The molecule has 7 heteroatoms. The number of rotatable bonds is 1. The van der Waals surface area contributed by atoms with Gasteiger partial charge in [0.2, 0.25) is 0 Å². The second-order valence-corrected chi connectivity index (χ2v) is 5.78. The standard InChI is InChI=1S/C13H16BNO5/c1-13(2,3)15(12(17)18)10(14(19)20)7-8-5-4-6-9(16)11(8)15/h4-7,19-20H,1-3H3,(H-,16,17,18)/p+1. The number of para-hydroxylation sites is 1. The van der Waals surface area contributed by atoms with Crippen LogP contribution in [0.1, 0.15) is 26.3 Å². The lowest BCUT2D eigenvalue weighted by Crippen LogP contribution is -2.65. The minimum Gasteiger partial charge on any atom is -0.503 e. The molecule has 1 heterocycles. The third-order valence-electron chi connectivity index (χ3n) is 3.63. The molecular weight excluding hydrogens is 261 g/mol. The van der Waals surface area contributed by atoms with Gasteiger partial charge in [0.15, 0.2) is 17.0 Å². The summed E-state index contributed by atoms with van der Waals surface area (Å²) in [6.45, 7) is 5.00. The highest BCUT2D eigenvalue weighted by Gasteiger charge is 2.61. The van der Waals surface area contributed by atoms with E-state index in [1.54, 1.807) is 32.9 Å². The van der Waals surface area contributed by atoms with Crippen LogP contribution in [0, 0.1) is 0 Å². The van der Waals surface area contributed by atoms with Crippen LogP contribution in [0.4, 0.5) is 10.5 Å². The van der Waals surface area contributed by atoms with Crippen molar-refractivity contribution in [1.82, 2.24) is 4.48 Å². The number of phenols is 1. The molecule has 1 atom stereocenters. The fraction of sp³-hybridized carbons (Fsp3) is 0.308. The summed E-state index contributed by atoms with van der Waals surface area (Å²) in [7, 11) is -1.93. The molecule has 20 heavy (non-hydrogen) atoms. The van der Waals surface area contributed by atoms with E-state index in [4.69, 9.17) is 0 Å². The number of quaternary nitrogens is 1. The first-order valence-corrected chi connectivity index (χ1v) is 6.17. The van der Waals surface area contributed by atoms with E-state index in [0.29, 0.717) is 5.56 Å². The van der Waals surface area contributed by atoms with Crippen LogP contribution in [0.5, 0.6) is 5.75 Å². The summed E-state index contributed by atoms with van der Waals surface area (Å²) in [5.41, 5.74) is -0.409. The van der Waals surface area contributed by atoms with Crippen molar-refractivity contribution >= 4 is 25.0 Å². The van der Waals surface area contributed by atoms with Crippen molar-refractivity contribution in [1.29, 1.82) is 0 Å². The smallest absolute Gasteiger partial charge is 0.503 e. The van der Waals surface area contributed by atoms with Crippen molar-refractivity contribution in [3.8, 4) is 5.75 Å². The second-order valence-electron chi connectivity index (χ2n) is 5.78. The van der Waals surface area contributed by atoms with Crippen LogP contribution in [0.2, 0.25) is 0 Å². The van der Waals surface area contributed by atoms with Crippen molar-refractivity contribution < 1.29 is 25.1 Å². The van der Waals surface area contributed by atoms with Gasteiger partial charge in [0.05, 0.1) is 0 Å². The molecule has 0 spiro atoms. The highest BCUT2D eigenvalue weighted by atomic mass is 16.4. The molecule has 0 aromatic heterocycles. The molecule has 0 radical (unpaired) electrons. The summed E-state index contributed by atoms with van der Waals surface area (Å²) in [6.07, 6.45) is 0.121. The van der Waals surface area contributed by atoms with E-state index in [1.165, 1.54) is 12.1 Å². The highest BCUT2D eigenvalue weighted by Crippen LogP contribution is 2.51. The van der Waals surface area contributed by atoms with Crippen LogP contribution >= 0.6 is 0 Å². The van der Waals surface area contributed by atoms with Crippen LogP contribution < -0.4 is 4.48 Å². The van der Waals surface area contributed by atoms with Crippen LogP contribution in [0.25, 0.3) is 6.08 Å². The zero-order chi connectivity index (χ0) is 15.3. The molecule has 0 bridgehead atoms. The molecule has 1 amide bonds. The van der Waals surface area contributed by atoms with Crippen molar-refractivity contribution in [3.63, 3.8) is 0 Å². The van der Waals surface area contributed by atoms with Gasteiger partial charge in [-0.05, 0) is 32.9 Å². The average Bonchev–Trinajstić information content (AvgIpc) is 2.65. The molecule has 1 unspecified atom stereocenters. The minimum atomic E-state index is -1.93. The fourth-order valence-electron chi connectivity index (χ4n) is 2.88. The lowest BCUT2D eigenvalue weighted by Gasteiger charge is -2.41. The Bertz CT molecular complexity index is 605. The number of carbonyl (C=O) groups is 1. The summed E-state index contributed by atoms with van der Waals surface area (Å²) in [6, 6.07) is 4.60. The molecule has 6 nitrogen and oxygen atoms in total. The van der Waals surface area contributed by atoms with Gasteiger partial charge in [0.25, 0.3) is 0 Å². The predicted octanol–water partition coefficient (Wildman–Crippen LogP) is 1.54. The van der Waals surface area contributed by atoms with Gasteiger partial charge in [-0.1, -0.05) is 6.07 Å². The van der Waals surface area contributed by atoms with E-state index >= 15 is 0 Å². The number of amides is 1. The normalized spacial score (nSPS) is 21.4. The number of phenolic OH excluding ortho intramolecular Hbond substituents is 1. The molecule has 1 aromatic carbocycles. The van der Waals surface area contributed by atoms with Crippen molar-refractivity contribution in [3.05, 3.63) is 29.4 Å². The summed E-state index contributed by atoms with van der Waals surface area (Å²) in [5, 5.41) is 39.1. The maximum atomic E-state index is 12.0. The number of hydrogen-bond acceptors (Lipinski definition) is 4. The zero-order valence-electron chi connectivity index (χ0n) is 11.5.